The van der Waals surface area contributed by atoms with Crippen LogP contribution >= 0.6 is 27.5 Å². The Morgan fingerprint density at radius 3 is 2.58 bits per heavy atom. The third-order valence-corrected chi connectivity index (χ3v) is 5.88. The molecule has 2 aromatic carbocycles. The lowest BCUT2D eigenvalue weighted by Crippen LogP contribution is -2.03. The smallest absolute Gasteiger partial charge is 0.143 e. The second kappa shape index (κ2) is 8.24. The second-order valence-electron chi connectivity index (χ2n) is 7.22. The van der Waals surface area contributed by atoms with E-state index in [1.54, 1.807) is 24.8 Å². The third kappa shape index (κ3) is 4.11. The van der Waals surface area contributed by atoms with Crippen molar-refractivity contribution in [2.24, 2.45) is 0 Å². The van der Waals surface area contributed by atoms with Crippen molar-refractivity contribution in [3.8, 4) is 11.4 Å². The van der Waals surface area contributed by atoms with Gasteiger partial charge in [0.25, 0.3) is 0 Å². The van der Waals surface area contributed by atoms with E-state index in [0.29, 0.717) is 28.1 Å². The van der Waals surface area contributed by atoms with Crippen LogP contribution in [0.3, 0.4) is 0 Å². The van der Waals surface area contributed by atoms with Crippen LogP contribution in [0.1, 0.15) is 11.1 Å². The van der Waals surface area contributed by atoms with Gasteiger partial charge in [-0.15, -0.1) is 0 Å². The lowest BCUT2D eigenvalue weighted by molar-refractivity contribution is 0.622. The van der Waals surface area contributed by atoms with Crippen LogP contribution in [0.5, 0.6) is 0 Å². The molecule has 154 valence electrons. The molecule has 0 N–H and O–H groups in total. The standard InChI is InChI=1S/C23H16BrClFN5/c24-19-8-22-21(9-20(19)26)29-23(31(22)13-15-1-3-18(25)4-2-15)17-7-16(10-28-11-17)12-30-6-5-27-14-30/h1-11,14H,12-13H2. The van der Waals surface area contributed by atoms with Gasteiger partial charge in [0, 0.05) is 48.0 Å². The average Bonchev–Trinajstić information content (AvgIpc) is 3.39. The predicted octanol–water partition coefficient (Wildman–Crippen LogP) is 5.95. The van der Waals surface area contributed by atoms with Crippen LogP contribution in [0.4, 0.5) is 4.39 Å². The van der Waals surface area contributed by atoms with E-state index < -0.39 is 0 Å². The van der Waals surface area contributed by atoms with Crippen molar-refractivity contribution in [2.45, 2.75) is 13.1 Å². The lowest BCUT2D eigenvalue weighted by atomic mass is 10.1. The van der Waals surface area contributed by atoms with Gasteiger partial charge in [-0.1, -0.05) is 23.7 Å². The van der Waals surface area contributed by atoms with Crippen molar-refractivity contribution in [1.29, 1.82) is 0 Å². The first-order valence-electron chi connectivity index (χ1n) is 9.56. The Balaban J connectivity index is 1.63. The van der Waals surface area contributed by atoms with Crippen LogP contribution in [-0.2, 0) is 13.1 Å². The summed E-state index contributed by atoms with van der Waals surface area (Å²) >= 11 is 9.35. The zero-order valence-electron chi connectivity index (χ0n) is 16.2. The number of nitrogens with zero attached hydrogens (tertiary/aromatic N) is 5. The van der Waals surface area contributed by atoms with Crippen LogP contribution < -0.4 is 0 Å². The van der Waals surface area contributed by atoms with E-state index >= 15 is 0 Å². The van der Waals surface area contributed by atoms with E-state index in [4.69, 9.17) is 16.6 Å². The molecule has 0 spiro atoms. The molecule has 5 aromatic rings. The van der Waals surface area contributed by atoms with Crippen LogP contribution in [0.2, 0.25) is 5.02 Å². The molecule has 8 heteroatoms. The molecule has 0 amide bonds. The minimum Gasteiger partial charge on any atom is -0.333 e. The van der Waals surface area contributed by atoms with Crippen molar-refractivity contribution in [3.05, 3.63) is 100 Å². The van der Waals surface area contributed by atoms with Gasteiger partial charge in [0.15, 0.2) is 0 Å². The molecule has 0 atom stereocenters. The van der Waals surface area contributed by atoms with Gasteiger partial charge in [0.1, 0.15) is 11.6 Å². The van der Waals surface area contributed by atoms with Gasteiger partial charge < -0.3 is 9.13 Å². The Labute approximate surface area is 191 Å². The largest absolute Gasteiger partial charge is 0.333 e. The van der Waals surface area contributed by atoms with E-state index in [1.165, 1.54) is 6.07 Å². The Bertz CT molecular complexity index is 1360. The van der Waals surface area contributed by atoms with Crippen LogP contribution in [0, 0.1) is 5.82 Å². The molecule has 0 unspecified atom stereocenters. The summed E-state index contributed by atoms with van der Waals surface area (Å²) in [6.07, 6.45) is 9.02. The van der Waals surface area contributed by atoms with Gasteiger partial charge in [-0.05, 0) is 51.3 Å². The van der Waals surface area contributed by atoms with E-state index in [1.807, 2.05) is 41.2 Å². The monoisotopic (exact) mass is 495 g/mol. The summed E-state index contributed by atoms with van der Waals surface area (Å²) in [5, 5.41) is 0.681. The molecule has 0 aliphatic heterocycles. The summed E-state index contributed by atoms with van der Waals surface area (Å²) < 4.78 is 18.7. The molecule has 0 saturated heterocycles. The molecular weight excluding hydrogens is 481 g/mol. The molecule has 31 heavy (non-hydrogen) atoms. The van der Waals surface area contributed by atoms with E-state index in [0.717, 1.165) is 28.0 Å². The van der Waals surface area contributed by atoms with Crippen molar-refractivity contribution in [3.63, 3.8) is 0 Å². The molecule has 3 aromatic heterocycles. The Kier molecular flexibility index (Phi) is 5.29. The summed E-state index contributed by atoms with van der Waals surface area (Å²) in [4.78, 5) is 13.3. The van der Waals surface area contributed by atoms with Crippen molar-refractivity contribution in [2.75, 3.05) is 0 Å². The molecule has 0 aliphatic carbocycles. The third-order valence-electron chi connectivity index (χ3n) is 5.02. The number of benzene rings is 2. The highest BCUT2D eigenvalue weighted by molar-refractivity contribution is 9.10. The molecule has 0 saturated carbocycles. The molecule has 5 rings (SSSR count). The Morgan fingerprint density at radius 2 is 1.81 bits per heavy atom. The Hall–Kier alpha value is -3.03. The van der Waals surface area contributed by atoms with Gasteiger partial charge >= 0.3 is 0 Å². The number of fused-ring (bicyclic) bond motifs is 1. The minimum absolute atomic E-state index is 0.345. The summed E-state index contributed by atoms with van der Waals surface area (Å²) in [5.74, 6) is 0.379. The number of pyridine rings is 1. The summed E-state index contributed by atoms with van der Waals surface area (Å²) in [5.41, 5.74) is 4.36. The zero-order valence-corrected chi connectivity index (χ0v) is 18.6. The van der Waals surface area contributed by atoms with Crippen molar-refractivity contribution in [1.82, 2.24) is 24.1 Å². The molecule has 3 heterocycles. The highest BCUT2D eigenvalue weighted by atomic mass is 79.9. The average molecular weight is 497 g/mol. The molecular formula is C23H16BrClFN5. The van der Waals surface area contributed by atoms with Gasteiger partial charge in [-0.3, -0.25) is 4.98 Å². The van der Waals surface area contributed by atoms with Gasteiger partial charge in [-0.25, -0.2) is 14.4 Å². The molecule has 0 aliphatic rings. The summed E-state index contributed by atoms with van der Waals surface area (Å²) in [7, 11) is 0. The molecule has 0 bridgehead atoms. The van der Waals surface area contributed by atoms with Gasteiger partial charge in [0.05, 0.1) is 28.4 Å². The first-order chi connectivity index (χ1) is 15.1. The number of hydrogen-bond donors (Lipinski definition) is 0. The van der Waals surface area contributed by atoms with Gasteiger partial charge in [0.2, 0.25) is 0 Å². The first kappa shape index (κ1) is 19.9. The maximum Gasteiger partial charge on any atom is 0.143 e. The number of hydrogen-bond acceptors (Lipinski definition) is 3. The first-order valence-corrected chi connectivity index (χ1v) is 10.7. The summed E-state index contributed by atoms with van der Waals surface area (Å²) in [6.45, 7) is 1.21. The van der Waals surface area contributed by atoms with Crippen molar-refractivity contribution >= 4 is 38.6 Å². The second-order valence-corrected chi connectivity index (χ2v) is 8.51. The fraction of sp³-hybridized carbons (Fsp3) is 0.0870. The normalized spacial score (nSPS) is 11.3. The lowest BCUT2D eigenvalue weighted by Gasteiger charge is -2.11. The van der Waals surface area contributed by atoms with Crippen molar-refractivity contribution < 1.29 is 4.39 Å². The highest BCUT2D eigenvalue weighted by Gasteiger charge is 2.16. The summed E-state index contributed by atoms with van der Waals surface area (Å²) in [6, 6.07) is 12.9. The molecule has 5 nitrogen and oxygen atoms in total. The zero-order chi connectivity index (χ0) is 21.4. The molecule has 0 fully saturated rings. The Morgan fingerprint density at radius 1 is 0.968 bits per heavy atom. The number of halogens is 3. The maximum absolute atomic E-state index is 14.2. The number of aromatic nitrogens is 5. The fourth-order valence-electron chi connectivity index (χ4n) is 3.56. The highest BCUT2D eigenvalue weighted by Crippen LogP contribution is 2.30. The van der Waals surface area contributed by atoms with Crippen LogP contribution in [0.15, 0.2) is 78.1 Å². The SMILES string of the molecule is Fc1cc2nc(-c3cncc(Cn4ccnc4)c3)n(Cc3ccc(Cl)cc3)c2cc1Br. The maximum atomic E-state index is 14.2. The van der Waals surface area contributed by atoms with E-state index in [2.05, 4.69) is 36.5 Å². The van der Waals surface area contributed by atoms with E-state index in [-0.39, 0.29) is 5.82 Å². The topological polar surface area (TPSA) is 48.5 Å². The number of imidazole rings is 2. The quantitative estimate of drug-likeness (QED) is 0.302. The fourth-order valence-corrected chi connectivity index (χ4v) is 4.02. The van der Waals surface area contributed by atoms with E-state index in [9.17, 15) is 4.39 Å². The number of rotatable bonds is 5. The predicted molar refractivity (Wildman–Crippen MR) is 123 cm³/mol. The van der Waals surface area contributed by atoms with Crippen LogP contribution in [0.25, 0.3) is 22.4 Å². The minimum atomic E-state index is -0.345. The van der Waals surface area contributed by atoms with Crippen LogP contribution in [-0.4, -0.2) is 24.1 Å². The van der Waals surface area contributed by atoms with Gasteiger partial charge in [-0.2, -0.15) is 0 Å². The molecule has 0 radical (unpaired) electrons.